The normalized spacial score (nSPS) is 24.5. The molecule has 0 saturated carbocycles. The van der Waals surface area contributed by atoms with Crippen molar-refractivity contribution >= 4 is 11.8 Å². The van der Waals surface area contributed by atoms with Crippen LogP contribution in [0.15, 0.2) is 54.6 Å². The highest BCUT2D eigenvalue weighted by Gasteiger charge is 2.51. The smallest absolute Gasteiger partial charge is 0.416 e. The minimum Gasteiger partial charge on any atom is -0.441 e. The summed E-state index contributed by atoms with van der Waals surface area (Å²) in [4.78, 5) is 12.3. The van der Waals surface area contributed by atoms with Crippen LogP contribution in [0.5, 0.6) is 0 Å². The van der Waals surface area contributed by atoms with Crippen LogP contribution in [0.25, 0.3) is 11.4 Å². The number of rotatable bonds is 4. The monoisotopic (exact) mass is 461 g/mol. The first kappa shape index (κ1) is 21.3. The van der Waals surface area contributed by atoms with Gasteiger partial charge in [-0.2, -0.15) is 13.2 Å². The summed E-state index contributed by atoms with van der Waals surface area (Å²) < 4.78 is 57.3. The summed E-state index contributed by atoms with van der Waals surface area (Å²) in [5.74, 6) is 0.556. The van der Waals surface area contributed by atoms with Crippen molar-refractivity contribution < 1.29 is 32.2 Å². The van der Waals surface area contributed by atoms with Crippen molar-refractivity contribution in [2.45, 2.75) is 30.5 Å². The Kier molecular flexibility index (Phi) is 5.46. The third-order valence-corrected chi connectivity index (χ3v) is 5.52. The van der Waals surface area contributed by atoms with Gasteiger partial charge in [0.05, 0.1) is 18.8 Å². The molecule has 3 heterocycles. The Morgan fingerprint density at radius 1 is 1.06 bits per heavy atom. The van der Waals surface area contributed by atoms with Crippen molar-refractivity contribution in [1.29, 1.82) is 0 Å². The van der Waals surface area contributed by atoms with E-state index >= 15 is 0 Å². The summed E-state index contributed by atoms with van der Waals surface area (Å²) in [6.07, 6.45) is -7.17. The van der Waals surface area contributed by atoms with Gasteiger partial charge in [0, 0.05) is 11.3 Å². The van der Waals surface area contributed by atoms with Crippen molar-refractivity contribution in [1.82, 2.24) is 20.2 Å². The van der Waals surface area contributed by atoms with E-state index in [1.807, 2.05) is 30.3 Å². The van der Waals surface area contributed by atoms with Crippen LogP contribution in [0, 0.1) is 0 Å². The fourth-order valence-electron chi connectivity index (χ4n) is 4.01. The van der Waals surface area contributed by atoms with Gasteiger partial charge in [-0.1, -0.05) is 36.4 Å². The van der Waals surface area contributed by atoms with Gasteiger partial charge >= 0.3 is 12.3 Å². The molecule has 4 atom stereocenters. The number of fused-ring (bicyclic) bond motifs is 1. The molecule has 33 heavy (non-hydrogen) atoms. The zero-order valence-electron chi connectivity index (χ0n) is 17.0. The van der Waals surface area contributed by atoms with E-state index in [1.165, 1.54) is 12.1 Å². The molecule has 12 heteroatoms. The first-order valence-electron chi connectivity index (χ1n) is 10.1. The van der Waals surface area contributed by atoms with E-state index in [1.54, 1.807) is 4.68 Å². The molecule has 2 saturated heterocycles. The largest absolute Gasteiger partial charge is 0.441 e. The lowest BCUT2D eigenvalue weighted by molar-refractivity contribution is -0.137. The SMILES string of the molecule is O=C(Nc1cccc(C(F)(F)F)c1)O[C@@H]1CO[C@H]2[C@H]1OC[C@H]2n1nnnc1-c1ccccc1. The van der Waals surface area contributed by atoms with E-state index in [0.717, 1.165) is 17.7 Å². The van der Waals surface area contributed by atoms with E-state index in [4.69, 9.17) is 14.2 Å². The van der Waals surface area contributed by atoms with Crippen LogP contribution in [0.4, 0.5) is 23.7 Å². The summed E-state index contributed by atoms with van der Waals surface area (Å²) in [6.45, 7) is 0.319. The quantitative estimate of drug-likeness (QED) is 0.636. The Balaban J connectivity index is 1.25. The number of alkyl halides is 3. The molecule has 0 aliphatic carbocycles. The van der Waals surface area contributed by atoms with Gasteiger partial charge in [0.1, 0.15) is 18.2 Å². The van der Waals surface area contributed by atoms with Crippen LogP contribution in [0.3, 0.4) is 0 Å². The number of hydrogen-bond donors (Lipinski definition) is 1. The van der Waals surface area contributed by atoms with Crippen LogP contribution in [0.2, 0.25) is 0 Å². The Labute approximate surface area is 185 Å². The Morgan fingerprint density at radius 2 is 1.85 bits per heavy atom. The maximum atomic E-state index is 12.9. The number of hydrogen-bond acceptors (Lipinski definition) is 7. The molecule has 5 rings (SSSR count). The summed E-state index contributed by atoms with van der Waals surface area (Å²) in [5.41, 5.74) is -0.0731. The number of halogens is 3. The van der Waals surface area contributed by atoms with Gasteiger partial charge in [-0.05, 0) is 28.6 Å². The van der Waals surface area contributed by atoms with Crippen molar-refractivity contribution in [3.8, 4) is 11.4 Å². The first-order valence-corrected chi connectivity index (χ1v) is 10.1. The number of tetrazole rings is 1. The highest BCUT2D eigenvalue weighted by atomic mass is 19.4. The molecular weight excluding hydrogens is 443 g/mol. The summed E-state index contributed by atoms with van der Waals surface area (Å²) >= 11 is 0. The van der Waals surface area contributed by atoms with E-state index in [-0.39, 0.29) is 24.9 Å². The lowest BCUT2D eigenvalue weighted by atomic mass is 10.1. The molecule has 1 aromatic heterocycles. The molecule has 1 amide bonds. The molecule has 2 aliphatic rings. The highest BCUT2D eigenvalue weighted by Crippen LogP contribution is 2.37. The number of nitrogens with zero attached hydrogens (tertiary/aromatic N) is 4. The molecule has 0 radical (unpaired) electrons. The third kappa shape index (κ3) is 4.26. The average molecular weight is 461 g/mol. The minimum atomic E-state index is -4.52. The molecule has 0 bridgehead atoms. The number of carbonyl (C=O) groups excluding carboxylic acids is 1. The van der Waals surface area contributed by atoms with E-state index in [0.29, 0.717) is 5.82 Å². The fourth-order valence-corrected chi connectivity index (χ4v) is 4.01. The van der Waals surface area contributed by atoms with E-state index in [2.05, 4.69) is 20.8 Å². The Hall–Kier alpha value is -3.51. The van der Waals surface area contributed by atoms with Gasteiger partial charge in [-0.25, -0.2) is 9.48 Å². The van der Waals surface area contributed by atoms with Crippen molar-refractivity contribution in [2.75, 3.05) is 18.5 Å². The zero-order valence-corrected chi connectivity index (χ0v) is 17.0. The van der Waals surface area contributed by atoms with Crippen LogP contribution in [0.1, 0.15) is 11.6 Å². The van der Waals surface area contributed by atoms with Crippen molar-refractivity contribution in [3.63, 3.8) is 0 Å². The number of nitrogens with one attached hydrogen (secondary N) is 1. The molecule has 0 spiro atoms. The number of amides is 1. The van der Waals surface area contributed by atoms with Crippen LogP contribution in [-0.2, 0) is 20.4 Å². The van der Waals surface area contributed by atoms with E-state index < -0.39 is 36.1 Å². The van der Waals surface area contributed by atoms with Gasteiger partial charge in [-0.15, -0.1) is 5.10 Å². The lowest BCUT2D eigenvalue weighted by Gasteiger charge is -2.18. The highest BCUT2D eigenvalue weighted by molar-refractivity contribution is 5.84. The number of carbonyl (C=O) groups is 1. The number of ether oxygens (including phenoxy) is 3. The third-order valence-electron chi connectivity index (χ3n) is 5.52. The van der Waals surface area contributed by atoms with Crippen molar-refractivity contribution in [2.24, 2.45) is 0 Å². The maximum absolute atomic E-state index is 12.9. The summed E-state index contributed by atoms with van der Waals surface area (Å²) in [7, 11) is 0. The summed E-state index contributed by atoms with van der Waals surface area (Å²) in [5, 5.41) is 14.3. The molecule has 172 valence electrons. The minimum absolute atomic E-state index is 0.0308. The zero-order chi connectivity index (χ0) is 23.0. The Morgan fingerprint density at radius 3 is 2.64 bits per heavy atom. The van der Waals surface area contributed by atoms with Crippen LogP contribution in [-0.4, -0.2) is 57.8 Å². The molecule has 9 nitrogen and oxygen atoms in total. The van der Waals surface area contributed by atoms with Crippen LogP contribution < -0.4 is 5.32 Å². The van der Waals surface area contributed by atoms with E-state index in [9.17, 15) is 18.0 Å². The lowest BCUT2D eigenvalue weighted by Crippen LogP contribution is -2.35. The second-order valence-corrected chi connectivity index (χ2v) is 7.62. The second-order valence-electron chi connectivity index (χ2n) is 7.62. The molecule has 2 aromatic carbocycles. The molecule has 2 fully saturated rings. The molecule has 1 N–H and O–H groups in total. The maximum Gasteiger partial charge on any atom is 0.416 e. The average Bonchev–Trinajstić information content (AvgIpc) is 3.51. The van der Waals surface area contributed by atoms with Gasteiger partial charge in [0.25, 0.3) is 0 Å². The first-order chi connectivity index (χ1) is 15.9. The van der Waals surface area contributed by atoms with Gasteiger partial charge in [-0.3, -0.25) is 5.32 Å². The predicted molar refractivity (Wildman–Crippen MR) is 107 cm³/mol. The van der Waals surface area contributed by atoms with Gasteiger partial charge in [0.2, 0.25) is 0 Å². The topological polar surface area (TPSA) is 100 Å². The molecule has 0 unspecified atom stereocenters. The van der Waals surface area contributed by atoms with Gasteiger partial charge in [0.15, 0.2) is 11.9 Å². The van der Waals surface area contributed by atoms with Crippen LogP contribution >= 0.6 is 0 Å². The standard InChI is InChI=1S/C21H18F3N5O4/c22-21(23,24)13-7-4-8-14(9-13)25-20(30)33-16-11-32-17-15(10-31-18(16)17)29-19(26-27-28-29)12-5-2-1-3-6-12/h1-9,15-18H,10-11H2,(H,25,30)/t15-,16-,17-,18+/m1/s1. The second kappa shape index (κ2) is 8.45. The number of anilines is 1. The molecule has 3 aromatic rings. The molecular formula is C21H18F3N5O4. The number of aromatic nitrogens is 4. The summed E-state index contributed by atoms with van der Waals surface area (Å²) in [6, 6.07) is 13.4. The fraction of sp³-hybridized carbons (Fsp3) is 0.333. The van der Waals surface area contributed by atoms with Gasteiger partial charge < -0.3 is 14.2 Å². The van der Waals surface area contributed by atoms with Crippen molar-refractivity contribution in [3.05, 3.63) is 60.2 Å². The Bertz CT molecular complexity index is 1140. The predicted octanol–water partition coefficient (Wildman–Crippen LogP) is 3.31. The molecule has 2 aliphatic heterocycles. The number of benzene rings is 2.